The quantitative estimate of drug-likeness (QED) is 0.576. The van der Waals surface area contributed by atoms with Crippen molar-refractivity contribution < 1.29 is 13.2 Å². The molecular formula is C8H7EsF3-2. The number of hydrogen-bond acceptors (Lipinski definition) is 0. The third-order valence-corrected chi connectivity index (χ3v) is 1.05. The Balaban J connectivity index is 0. The van der Waals surface area contributed by atoms with Crippen LogP contribution < -0.4 is 0 Å². The summed E-state index contributed by atoms with van der Waals surface area (Å²) in [4.78, 5) is 0. The van der Waals surface area contributed by atoms with Crippen LogP contribution in [-0.4, -0.2) is 0 Å². The maximum atomic E-state index is 11.8. The van der Waals surface area contributed by atoms with Crippen molar-refractivity contribution in [3.05, 3.63) is 43.3 Å². The molecule has 12 heavy (non-hydrogen) atoms. The van der Waals surface area contributed by atoms with Crippen molar-refractivity contribution in [2.45, 2.75) is 6.18 Å². The average Bonchev–Trinajstić information content (AvgIpc) is 1.88. The molecule has 1 aromatic rings. The van der Waals surface area contributed by atoms with Crippen molar-refractivity contribution in [3.8, 4) is 0 Å². The number of alkyl halides is 3. The van der Waals surface area contributed by atoms with E-state index in [1.165, 1.54) is 12.1 Å². The Morgan fingerprint density at radius 1 is 1.08 bits per heavy atom. The van der Waals surface area contributed by atoms with E-state index in [2.05, 4.69) is 6.07 Å². The van der Waals surface area contributed by atoms with Crippen LogP contribution in [0.2, 0.25) is 0 Å². The molecule has 0 unspecified atom stereocenters. The third kappa shape index (κ3) is 2.73. The van der Waals surface area contributed by atoms with Gasteiger partial charge in [-0.1, -0.05) is 5.56 Å². The summed E-state index contributed by atoms with van der Waals surface area (Å²) < 4.78 is 35.3. The van der Waals surface area contributed by atoms with Crippen LogP contribution in [-0.2, 0) is 6.18 Å². The molecule has 1 radical (unpaired) electrons. The van der Waals surface area contributed by atoms with Crippen LogP contribution in [0, 0.1) is 13.5 Å². The number of hydrogen-bond donors (Lipinski definition) is 0. The zero-order valence-electron chi connectivity index (χ0n) is 6.24. The molecule has 0 N–H and O–H groups in total. The van der Waals surface area contributed by atoms with Gasteiger partial charge in [-0.3, -0.25) is 0 Å². The summed E-state index contributed by atoms with van der Waals surface area (Å²) in [6.45, 7) is 0. The Labute approximate surface area is 63.7 Å². The SMILES string of the molecule is FC(F)(F)c1cc[c-]cc1.[CH3-].[Es]. The van der Waals surface area contributed by atoms with Crippen LogP contribution in [0.25, 0.3) is 0 Å². The summed E-state index contributed by atoms with van der Waals surface area (Å²) in [5, 5.41) is 0. The summed E-state index contributed by atoms with van der Waals surface area (Å²) in [6.07, 6.45) is -4.23. The van der Waals surface area contributed by atoms with Gasteiger partial charge in [0.25, 0.3) is 0 Å². The third-order valence-electron chi connectivity index (χ3n) is 1.05. The molecule has 1 rings (SSSR count). The second-order valence-electron chi connectivity index (χ2n) is 1.79. The monoisotopic (exact) mass is 412 g/mol. The van der Waals surface area contributed by atoms with Crippen molar-refractivity contribution in [1.29, 1.82) is 0 Å². The molecule has 0 saturated heterocycles. The maximum absolute atomic E-state index is 11.8. The molecule has 73 valence electrons. The summed E-state index contributed by atoms with van der Waals surface area (Å²) in [7, 11) is 0. The fourth-order valence-corrected chi connectivity index (χ4v) is 0.576. The van der Waals surface area contributed by atoms with E-state index in [9.17, 15) is 13.2 Å². The molecule has 0 atom stereocenters. The van der Waals surface area contributed by atoms with E-state index < -0.39 is 11.7 Å². The minimum Gasteiger partial charge on any atom is -0.358 e. The Morgan fingerprint density at radius 3 is 1.75 bits per heavy atom. The van der Waals surface area contributed by atoms with Crippen LogP contribution in [0.3, 0.4) is 0 Å². The van der Waals surface area contributed by atoms with Gasteiger partial charge in [-0.25, -0.2) is 0 Å². The van der Waals surface area contributed by atoms with Gasteiger partial charge in [0.05, 0.1) is 0 Å². The fraction of sp³-hybridized carbons (Fsp3) is 0.125. The molecule has 0 amide bonds. The minimum atomic E-state index is -4.23. The molecular weight excluding hydrogens is 405 g/mol. The first kappa shape index (κ1) is 12.7. The largest absolute Gasteiger partial charge is 0.394 e. The van der Waals surface area contributed by atoms with Crippen molar-refractivity contribution in [2.24, 2.45) is 0 Å². The zero-order chi connectivity index (χ0) is 7.61. The number of benzene rings is 1. The Bertz CT molecular complexity index is 205. The van der Waals surface area contributed by atoms with Gasteiger partial charge in [0.15, 0.2) is 0 Å². The van der Waals surface area contributed by atoms with Crippen LogP contribution in [0.4, 0.5) is 13.2 Å². The normalized spacial score (nSPS) is 9.58. The summed E-state index contributed by atoms with van der Waals surface area (Å²) >= 11 is 0. The molecule has 1 aromatic carbocycles. The molecule has 0 saturated carbocycles. The summed E-state index contributed by atoms with van der Waals surface area (Å²) in [6, 6.07) is 6.95. The van der Waals surface area contributed by atoms with Crippen LogP contribution >= 0.6 is 0 Å². The molecule has 0 heterocycles. The smallest absolute Gasteiger partial charge is 0.358 e. The molecule has 0 aromatic heterocycles. The van der Waals surface area contributed by atoms with Crippen molar-refractivity contribution >= 4 is 0 Å². The minimum absolute atomic E-state index is 0. The van der Waals surface area contributed by atoms with Gasteiger partial charge in [0, 0.05) is 0 Å². The molecule has 0 aliphatic heterocycles. The van der Waals surface area contributed by atoms with Crippen molar-refractivity contribution in [3.63, 3.8) is 0 Å². The van der Waals surface area contributed by atoms with Crippen molar-refractivity contribution in [2.75, 3.05) is 0 Å². The van der Waals surface area contributed by atoms with E-state index in [0.29, 0.717) is 0 Å². The average molecular weight is 412 g/mol. The standard InChI is InChI=1S/C7H4F3.CH3.Es/c8-7(9,10)6-4-2-1-3-5-6;;/h2-5H;1H3;/q2*-1;. The van der Waals surface area contributed by atoms with E-state index in [-0.39, 0.29) is 7.43 Å². The molecule has 0 fully saturated rings. The van der Waals surface area contributed by atoms with E-state index >= 15 is 0 Å². The summed E-state index contributed by atoms with van der Waals surface area (Å²) in [5.74, 6) is 0. The first-order valence-electron chi connectivity index (χ1n) is 2.64. The van der Waals surface area contributed by atoms with E-state index in [1.807, 2.05) is 0 Å². The topological polar surface area (TPSA) is 0 Å². The number of halogens is 3. The van der Waals surface area contributed by atoms with Crippen LogP contribution in [0.5, 0.6) is 0 Å². The zero-order valence-corrected chi connectivity index (χ0v) is 8.76. The second-order valence-corrected chi connectivity index (χ2v) is 1.79. The van der Waals surface area contributed by atoms with Gasteiger partial charge in [0.2, 0.25) is 0 Å². The van der Waals surface area contributed by atoms with Crippen LogP contribution in [0.1, 0.15) is 5.56 Å². The molecule has 0 nitrogen and oxygen atoms in total. The first-order valence-corrected chi connectivity index (χ1v) is 2.64. The summed E-state index contributed by atoms with van der Waals surface area (Å²) in [5.41, 5.74) is -0.633. The molecule has 0 aliphatic carbocycles. The van der Waals surface area contributed by atoms with Crippen LogP contribution in [0.15, 0.2) is 24.3 Å². The Hall–Kier alpha value is -1.99. The van der Waals surface area contributed by atoms with Gasteiger partial charge in [-0.05, 0) is 0 Å². The van der Waals surface area contributed by atoms with Gasteiger partial charge >= 0.3 is 6.18 Å². The molecule has 0 aliphatic rings. The molecule has 4 heteroatoms. The van der Waals surface area contributed by atoms with Gasteiger partial charge in [-0.15, -0.1) is 0 Å². The number of rotatable bonds is 0. The van der Waals surface area contributed by atoms with E-state index in [4.69, 9.17) is 0 Å². The fourth-order valence-electron chi connectivity index (χ4n) is 0.576. The second kappa shape index (κ2) is 4.01. The first-order chi connectivity index (χ1) is 4.61. The maximum Gasteiger partial charge on any atom is 0.394 e. The van der Waals surface area contributed by atoms with E-state index in [0.717, 1.165) is 12.1 Å². The van der Waals surface area contributed by atoms with E-state index in [1.54, 1.807) is 0 Å². The predicted octanol–water partition coefficient (Wildman–Crippen LogP) is 2.96. The van der Waals surface area contributed by atoms with Gasteiger partial charge in [0.1, 0.15) is 0 Å². The Kier molecular flexibility index (Phi) is 4.23. The molecule has 0 spiro atoms. The Morgan fingerprint density at radius 2 is 1.50 bits per heavy atom. The van der Waals surface area contributed by atoms with Gasteiger partial charge in [-0.2, -0.15) is 43.5 Å². The van der Waals surface area contributed by atoms with Crippen molar-refractivity contribution in [1.82, 2.24) is 0 Å². The van der Waals surface area contributed by atoms with Gasteiger partial charge < -0.3 is 7.43 Å². The predicted molar refractivity (Wildman–Crippen MR) is 36.7 cm³/mol. The molecule has 0 bridgehead atoms.